The summed E-state index contributed by atoms with van der Waals surface area (Å²) in [4.78, 5) is 35.5. The van der Waals surface area contributed by atoms with Gasteiger partial charge in [-0.2, -0.15) is 0 Å². The largest absolute Gasteiger partial charge is 0.497 e. The Morgan fingerprint density at radius 3 is 2.28 bits per heavy atom. The van der Waals surface area contributed by atoms with Crippen LogP contribution >= 0.6 is 0 Å². The quantitative estimate of drug-likeness (QED) is 0.417. The Kier molecular flexibility index (Phi) is 7.54. The third-order valence-corrected chi connectivity index (χ3v) is 4.06. The fourth-order valence-electron chi connectivity index (χ4n) is 2.41. The van der Waals surface area contributed by atoms with Crippen LogP contribution in [0.3, 0.4) is 0 Å². The van der Waals surface area contributed by atoms with Crippen LogP contribution in [0.25, 0.3) is 6.08 Å². The summed E-state index contributed by atoms with van der Waals surface area (Å²) in [5.41, 5.74) is 1.70. The van der Waals surface area contributed by atoms with Crippen molar-refractivity contribution in [3.63, 3.8) is 0 Å². The first kappa shape index (κ1) is 21.7. The topological polar surface area (TPSA) is 90.9 Å². The lowest BCUT2D eigenvalue weighted by atomic mass is 10.1. The van der Waals surface area contributed by atoms with Gasteiger partial charge in [-0.15, -0.1) is 0 Å². The van der Waals surface area contributed by atoms with Crippen molar-refractivity contribution in [1.29, 1.82) is 0 Å². The zero-order chi connectivity index (χ0) is 21.4. The van der Waals surface area contributed by atoms with Crippen LogP contribution in [0.5, 0.6) is 11.5 Å². The predicted molar refractivity (Wildman–Crippen MR) is 109 cm³/mol. The summed E-state index contributed by atoms with van der Waals surface area (Å²) in [6.07, 6.45) is 1.75. The summed E-state index contributed by atoms with van der Waals surface area (Å²) >= 11 is 0. The molecule has 0 heterocycles. The minimum Gasteiger partial charge on any atom is -0.497 e. The maximum atomic E-state index is 12.2. The number of Topliss-reactive ketones (excluding diaryl/α,β-unsaturated/α-hetero) is 1. The molecule has 0 spiro atoms. The van der Waals surface area contributed by atoms with Crippen LogP contribution in [0.2, 0.25) is 0 Å². The zero-order valence-corrected chi connectivity index (χ0v) is 16.7. The molecule has 0 saturated heterocycles. The van der Waals surface area contributed by atoms with Gasteiger partial charge in [-0.3, -0.25) is 9.59 Å². The van der Waals surface area contributed by atoms with Crippen molar-refractivity contribution >= 4 is 29.4 Å². The molecule has 0 aliphatic heterocycles. The van der Waals surface area contributed by atoms with Gasteiger partial charge in [0.05, 0.1) is 14.2 Å². The number of methoxy groups -OCH3 is 2. The third kappa shape index (κ3) is 6.21. The van der Waals surface area contributed by atoms with E-state index in [4.69, 9.17) is 14.2 Å². The molecule has 2 aromatic rings. The van der Waals surface area contributed by atoms with E-state index in [1.807, 2.05) is 0 Å². The Hall–Kier alpha value is -3.61. The van der Waals surface area contributed by atoms with Crippen molar-refractivity contribution < 1.29 is 28.6 Å². The van der Waals surface area contributed by atoms with Crippen molar-refractivity contribution in [1.82, 2.24) is 0 Å². The second-order valence-corrected chi connectivity index (χ2v) is 6.14. The van der Waals surface area contributed by atoms with Crippen molar-refractivity contribution in [3.05, 3.63) is 59.7 Å². The second kappa shape index (κ2) is 10.1. The first-order valence-corrected chi connectivity index (χ1v) is 8.86. The highest BCUT2D eigenvalue weighted by molar-refractivity contribution is 5.98. The number of carbonyl (C=O) groups excluding carboxylic acids is 3. The molecule has 1 atom stereocenters. The Morgan fingerprint density at radius 1 is 1.00 bits per heavy atom. The number of rotatable bonds is 8. The summed E-state index contributed by atoms with van der Waals surface area (Å²) in [6, 6.07) is 11.6. The van der Waals surface area contributed by atoms with Gasteiger partial charge in [0.1, 0.15) is 11.5 Å². The van der Waals surface area contributed by atoms with Gasteiger partial charge in [0.2, 0.25) is 0 Å². The van der Waals surface area contributed by atoms with E-state index in [1.54, 1.807) is 49.6 Å². The highest BCUT2D eigenvalue weighted by atomic mass is 16.5. The molecule has 0 bridgehead atoms. The van der Waals surface area contributed by atoms with Crippen LogP contribution < -0.4 is 14.8 Å². The average Bonchev–Trinajstić information content (AvgIpc) is 2.72. The van der Waals surface area contributed by atoms with Gasteiger partial charge in [0, 0.05) is 29.0 Å². The van der Waals surface area contributed by atoms with E-state index in [0.717, 1.165) is 0 Å². The number of anilines is 1. The molecule has 0 fully saturated rings. The molecule has 2 rings (SSSR count). The molecule has 29 heavy (non-hydrogen) atoms. The minimum absolute atomic E-state index is 0.0644. The van der Waals surface area contributed by atoms with Gasteiger partial charge in [0.25, 0.3) is 5.91 Å². The maximum Gasteiger partial charge on any atom is 0.331 e. The number of ether oxygens (including phenoxy) is 3. The van der Waals surface area contributed by atoms with E-state index in [0.29, 0.717) is 28.3 Å². The van der Waals surface area contributed by atoms with E-state index < -0.39 is 18.0 Å². The van der Waals surface area contributed by atoms with E-state index in [-0.39, 0.29) is 5.78 Å². The summed E-state index contributed by atoms with van der Waals surface area (Å²) < 4.78 is 15.5. The number of esters is 1. The van der Waals surface area contributed by atoms with Gasteiger partial charge < -0.3 is 19.5 Å². The van der Waals surface area contributed by atoms with Crippen LogP contribution in [0.4, 0.5) is 5.69 Å². The van der Waals surface area contributed by atoms with E-state index in [9.17, 15) is 14.4 Å². The molecular weight excluding hydrogens is 374 g/mol. The summed E-state index contributed by atoms with van der Waals surface area (Å²) in [7, 11) is 3.06. The Bertz CT molecular complexity index is 917. The average molecular weight is 397 g/mol. The highest BCUT2D eigenvalue weighted by Gasteiger charge is 2.17. The Morgan fingerprint density at radius 2 is 1.69 bits per heavy atom. The highest BCUT2D eigenvalue weighted by Crippen LogP contribution is 2.25. The lowest BCUT2D eigenvalue weighted by molar-refractivity contribution is -0.148. The van der Waals surface area contributed by atoms with Gasteiger partial charge in [-0.25, -0.2) is 4.79 Å². The van der Waals surface area contributed by atoms with Gasteiger partial charge in [-0.1, -0.05) is 0 Å². The van der Waals surface area contributed by atoms with E-state index in [2.05, 4.69) is 5.32 Å². The SMILES string of the molecule is COc1ccc(/C=C/C(=O)O[C@@H](C)C(=O)Nc2ccc(C(C)=O)cc2)c(OC)c1. The number of carbonyl (C=O) groups is 3. The van der Waals surface area contributed by atoms with E-state index in [1.165, 1.54) is 33.1 Å². The number of ketones is 1. The van der Waals surface area contributed by atoms with Crippen molar-refractivity contribution in [3.8, 4) is 11.5 Å². The maximum absolute atomic E-state index is 12.2. The Balaban J connectivity index is 1.95. The van der Waals surface area contributed by atoms with Crippen LogP contribution in [0.15, 0.2) is 48.5 Å². The van der Waals surface area contributed by atoms with Gasteiger partial charge in [0.15, 0.2) is 11.9 Å². The smallest absolute Gasteiger partial charge is 0.331 e. The summed E-state index contributed by atoms with van der Waals surface area (Å²) in [6.45, 7) is 2.93. The predicted octanol–water partition coefficient (Wildman–Crippen LogP) is 3.49. The summed E-state index contributed by atoms with van der Waals surface area (Å²) in [5, 5.41) is 2.63. The monoisotopic (exact) mass is 397 g/mol. The molecule has 0 aliphatic rings. The first-order chi connectivity index (χ1) is 13.8. The van der Waals surface area contributed by atoms with Gasteiger partial charge >= 0.3 is 5.97 Å². The first-order valence-electron chi connectivity index (χ1n) is 8.86. The number of hydrogen-bond acceptors (Lipinski definition) is 6. The molecule has 0 unspecified atom stereocenters. The third-order valence-electron chi connectivity index (χ3n) is 4.06. The molecule has 0 aromatic heterocycles. The molecular formula is C22H23NO6. The second-order valence-electron chi connectivity index (χ2n) is 6.14. The lowest BCUT2D eigenvalue weighted by Gasteiger charge is -2.12. The molecule has 7 nitrogen and oxygen atoms in total. The van der Waals surface area contributed by atoms with Crippen molar-refractivity contribution in [2.75, 3.05) is 19.5 Å². The number of nitrogens with one attached hydrogen (secondary N) is 1. The summed E-state index contributed by atoms with van der Waals surface area (Å²) in [5.74, 6) is -0.0522. The number of benzene rings is 2. The molecule has 1 N–H and O–H groups in total. The lowest BCUT2D eigenvalue weighted by Crippen LogP contribution is -2.29. The molecule has 152 valence electrons. The van der Waals surface area contributed by atoms with Gasteiger partial charge in [-0.05, 0) is 56.3 Å². The standard InChI is InChI=1S/C22H23NO6/c1-14(24)16-5-9-18(10-6-16)23-22(26)15(2)29-21(25)12-8-17-7-11-19(27-3)13-20(17)28-4/h5-13,15H,1-4H3,(H,23,26)/b12-8+/t15-/m0/s1. The fraction of sp³-hybridized carbons (Fsp3) is 0.227. The molecule has 0 saturated carbocycles. The fourth-order valence-corrected chi connectivity index (χ4v) is 2.41. The van der Waals surface area contributed by atoms with E-state index >= 15 is 0 Å². The number of hydrogen-bond donors (Lipinski definition) is 1. The van der Waals surface area contributed by atoms with Crippen LogP contribution in [0.1, 0.15) is 29.8 Å². The molecule has 0 radical (unpaired) electrons. The molecule has 1 amide bonds. The molecule has 0 aliphatic carbocycles. The van der Waals surface area contributed by atoms with Crippen LogP contribution in [-0.4, -0.2) is 38.0 Å². The van der Waals surface area contributed by atoms with Crippen molar-refractivity contribution in [2.45, 2.75) is 20.0 Å². The Labute approximate surface area is 169 Å². The number of amides is 1. The van der Waals surface area contributed by atoms with Crippen LogP contribution in [0, 0.1) is 0 Å². The molecule has 2 aromatic carbocycles. The zero-order valence-electron chi connectivity index (χ0n) is 16.7. The normalized spacial score (nSPS) is 11.6. The molecule has 7 heteroatoms. The van der Waals surface area contributed by atoms with Crippen molar-refractivity contribution in [2.24, 2.45) is 0 Å². The van der Waals surface area contributed by atoms with Crippen LogP contribution in [-0.2, 0) is 14.3 Å². The minimum atomic E-state index is -1.00.